The summed E-state index contributed by atoms with van der Waals surface area (Å²) in [5.41, 5.74) is 2.62. The minimum atomic E-state index is 0.302. The number of anilines is 1. The fourth-order valence-electron chi connectivity index (χ4n) is 3.81. The lowest BCUT2D eigenvalue weighted by molar-refractivity contribution is -0.133. The standard InChI is InChI=1S/C20H31N3O2/c1-17-4-3-5-18(16-17)22-14-12-21(13-15-22)9-8-20(24)23-10-6-19(25-2)7-11-23/h3-5,16,19H,6-15H2,1-2H3. The second-order valence-electron chi connectivity index (χ2n) is 7.23. The van der Waals surface area contributed by atoms with Gasteiger partial charge in [0, 0.05) is 65.0 Å². The summed E-state index contributed by atoms with van der Waals surface area (Å²) in [6.07, 6.45) is 2.91. The zero-order valence-corrected chi connectivity index (χ0v) is 15.6. The molecule has 1 aromatic carbocycles. The molecule has 5 nitrogen and oxygen atoms in total. The van der Waals surface area contributed by atoms with Gasteiger partial charge in [0.15, 0.2) is 0 Å². The van der Waals surface area contributed by atoms with Gasteiger partial charge in [-0.1, -0.05) is 12.1 Å². The third-order valence-corrected chi connectivity index (χ3v) is 5.51. The fourth-order valence-corrected chi connectivity index (χ4v) is 3.81. The fraction of sp³-hybridized carbons (Fsp3) is 0.650. The number of likely N-dealkylation sites (tertiary alicyclic amines) is 1. The molecule has 2 saturated heterocycles. The number of aryl methyl sites for hydroxylation is 1. The van der Waals surface area contributed by atoms with Gasteiger partial charge in [-0.3, -0.25) is 9.69 Å². The molecule has 0 bridgehead atoms. The topological polar surface area (TPSA) is 36.0 Å². The zero-order chi connectivity index (χ0) is 17.6. The van der Waals surface area contributed by atoms with Crippen LogP contribution in [0.3, 0.4) is 0 Å². The quantitative estimate of drug-likeness (QED) is 0.819. The summed E-state index contributed by atoms with van der Waals surface area (Å²) in [4.78, 5) is 19.3. The molecule has 1 aromatic rings. The summed E-state index contributed by atoms with van der Waals surface area (Å²) in [6, 6.07) is 8.71. The number of piperazine rings is 1. The van der Waals surface area contributed by atoms with Gasteiger partial charge in [-0.25, -0.2) is 0 Å². The maximum atomic E-state index is 12.4. The van der Waals surface area contributed by atoms with Crippen LogP contribution in [0, 0.1) is 6.92 Å². The van der Waals surface area contributed by atoms with Crippen LogP contribution in [-0.2, 0) is 9.53 Å². The molecule has 2 heterocycles. The highest BCUT2D eigenvalue weighted by Crippen LogP contribution is 2.18. The van der Waals surface area contributed by atoms with E-state index in [0.29, 0.717) is 18.4 Å². The van der Waals surface area contributed by atoms with Crippen molar-refractivity contribution in [3.8, 4) is 0 Å². The molecule has 2 aliphatic heterocycles. The van der Waals surface area contributed by atoms with Crippen LogP contribution in [0.4, 0.5) is 5.69 Å². The van der Waals surface area contributed by atoms with Gasteiger partial charge in [-0.05, 0) is 37.5 Å². The lowest BCUT2D eigenvalue weighted by atomic mass is 10.1. The number of benzene rings is 1. The maximum Gasteiger partial charge on any atom is 0.223 e. The number of carbonyl (C=O) groups is 1. The van der Waals surface area contributed by atoms with Crippen molar-refractivity contribution in [2.45, 2.75) is 32.3 Å². The minimum Gasteiger partial charge on any atom is -0.381 e. The Morgan fingerprint density at radius 3 is 2.48 bits per heavy atom. The third-order valence-electron chi connectivity index (χ3n) is 5.51. The van der Waals surface area contributed by atoms with Crippen molar-refractivity contribution < 1.29 is 9.53 Å². The average Bonchev–Trinajstić information content (AvgIpc) is 2.66. The molecular formula is C20H31N3O2. The van der Waals surface area contributed by atoms with Gasteiger partial charge < -0.3 is 14.5 Å². The molecule has 0 saturated carbocycles. The van der Waals surface area contributed by atoms with Gasteiger partial charge in [-0.2, -0.15) is 0 Å². The van der Waals surface area contributed by atoms with Gasteiger partial charge >= 0.3 is 0 Å². The van der Waals surface area contributed by atoms with Crippen molar-refractivity contribution in [1.29, 1.82) is 0 Å². The lowest BCUT2D eigenvalue weighted by Crippen LogP contribution is -2.48. The Hall–Kier alpha value is -1.59. The van der Waals surface area contributed by atoms with E-state index in [1.807, 2.05) is 4.90 Å². The number of nitrogens with zero attached hydrogens (tertiary/aromatic N) is 3. The van der Waals surface area contributed by atoms with E-state index >= 15 is 0 Å². The number of hydrogen-bond acceptors (Lipinski definition) is 4. The summed E-state index contributed by atoms with van der Waals surface area (Å²) in [6.45, 7) is 8.86. The van der Waals surface area contributed by atoms with E-state index in [1.165, 1.54) is 11.3 Å². The summed E-state index contributed by atoms with van der Waals surface area (Å²) in [5, 5.41) is 0. The van der Waals surface area contributed by atoms with Gasteiger partial charge in [0.2, 0.25) is 5.91 Å². The van der Waals surface area contributed by atoms with Gasteiger partial charge in [0.1, 0.15) is 0 Å². The Kier molecular flexibility index (Phi) is 6.32. The Balaban J connectivity index is 1.38. The molecule has 0 atom stereocenters. The molecule has 5 heteroatoms. The Labute approximate surface area is 151 Å². The SMILES string of the molecule is COC1CCN(C(=O)CCN2CCN(c3cccc(C)c3)CC2)CC1. The van der Waals surface area contributed by atoms with Crippen LogP contribution in [0.1, 0.15) is 24.8 Å². The van der Waals surface area contributed by atoms with Crippen molar-refractivity contribution in [1.82, 2.24) is 9.80 Å². The average molecular weight is 345 g/mol. The Morgan fingerprint density at radius 1 is 1.12 bits per heavy atom. The van der Waals surface area contributed by atoms with E-state index in [-0.39, 0.29) is 0 Å². The van der Waals surface area contributed by atoms with Crippen LogP contribution in [-0.4, -0.2) is 74.7 Å². The predicted octanol–water partition coefficient (Wildman–Crippen LogP) is 2.14. The van der Waals surface area contributed by atoms with Crippen molar-refractivity contribution in [2.75, 3.05) is 57.8 Å². The number of piperidine rings is 1. The first-order valence-electron chi connectivity index (χ1n) is 9.50. The molecule has 0 aliphatic carbocycles. The van der Waals surface area contributed by atoms with Crippen LogP contribution in [0.5, 0.6) is 0 Å². The van der Waals surface area contributed by atoms with E-state index in [9.17, 15) is 4.79 Å². The van der Waals surface area contributed by atoms with Gasteiger partial charge in [-0.15, -0.1) is 0 Å². The van der Waals surface area contributed by atoms with Crippen molar-refractivity contribution >= 4 is 11.6 Å². The first kappa shape index (κ1) is 18.2. The summed E-state index contributed by atoms with van der Waals surface area (Å²) < 4.78 is 5.38. The van der Waals surface area contributed by atoms with Crippen LogP contribution in [0.25, 0.3) is 0 Å². The second-order valence-corrected chi connectivity index (χ2v) is 7.23. The van der Waals surface area contributed by atoms with Crippen LogP contribution >= 0.6 is 0 Å². The minimum absolute atomic E-state index is 0.302. The van der Waals surface area contributed by atoms with E-state index in [1.54, 1.807) is 7.11 Å². The van der Waals surface area contributed by atoms with E-state index in [4.69, 9.17) is 4.74 Å². The van der Waals surface area contributed by atoms with Crippen LogP contribution in [0.15, 0.2) is 24.3 Å². The molecule has 25 heavy (non-hydrogen) atoms. The second kappa shape index (κ2) is 8.68. The summed E-state index contributed by atoms with van der Waals surface area (Å²) >= 11 is 0. The van der Waals surface area contributed by atoms with Crippen molar-refractivity contribution in [2.24, 2.45) is 0 Å². The highest BCUT2D eigenvalue weighted by molar-refractivity contribution is 5.76. The van der Waals surface area contributed by atoms with Crippen LogP contribution in [0.2, 0.25) is 0 Å². The molecule has 1 amide bonds. The molecule has 0 radical (unpaired) electrons. The van der Waals surface area contributed by atoms with E-state index in [0.717, 1.165) is 58.7 Å². The smallest absolute Gasteiger partial charge is 0.223 e. The number of methoxy groups -OCH3 is 1. The Morgan fingerprint density at radius 2 is 1.84 bits per heavy atom. The monoisotopic (exact) mass is 345 g/mol. The summed E-state index contributed by atoms with van der Waals surface area (Å²) in [7, 11) is 1.76. The largest absolute Gasteiger partial charge is 0.381 e. The molecular weight excluding hydrogens is 314 g/mol. The number of hydrogen-bond donors (Lipinski definition) is 0. The first-order valence-corrected chi connectivity index (χ1v) is 9.50. The molecule has 0 spiro atoms. The number of amides is 1. The molecule has 2 aliphatic rings. The van der Waals surface area contributed by atoms with E-state index in [2.05, 4.69) is 41.0 Å². The molecule has 0 aromatic heterocycles. The van der Waals surface area contributed by atoms with Gasteiger partial charge in [0.05, 0.1) is 6.10 Å². The van der Waals surface area contributed by atoms with Crippen molar-refractivity contribution in [3.05, 3.63) is 29.8 Å². The number of carbonyl (C=O) groups excluding carboxylic acids is 1. The zero-order valence-electron chi connectivity index (χ0n) is 15.6. The van der Waals surface area contributed by atoms with E-state index < -0.39 is 0 Å². The summed E-state index contributed by atoms with van der Waals surface area (Å²) in [5.74, 6) is 0.302. The molecule has 0 unspecified atom stereocenters. The van der Waals surface area contributed by atoms with Gasteiger partial charge in [0.25, 0.3) is 0 Å². The van der Waals surface area contributed by atoms with Crippen molar-refractivity contribution in [3.63, 3.8) is 0 Å². The van der Waals surface area contributed by atoms with Crippen LogP contribution < -0.4 is 4.90 Å². The molecule has 2 fully saturated rings. The highest BCUT2D eigenvalue weighted by atomic mass is 16.5. The highest BCUT2D eigenvalue weighted by Gasteiger charge is 2.23. The normalized spacial score (nSPS) is 20.1. The number of rotatable bonds is 5. The predicted molar refractivity (Wildman–Crippen MR) is 101 cm³/mol. The molecule has 3 rings (SSSR count). The maximum absolute atomic E-state index is 12.4. The first-order chi connectivity index (χ1) is 12.2. The molecule has 138 valence electrons. The Bertz CT molecular complexity index is 562. The lowest BCUT2D eigenvalue weighted by Gasteiger charge is -2.37. The number of ether oxygens (including phenoxy) is 1. The third kappa shape index (κ3) is 4.95. The molecule has 0 N–H and O–H groups in total.